The molecule has 0 fully saturated rings. The molecule has 1 atom stereocenters. The van der Waals surface area contributed by atoms with Crippen LogP contribution in [0.4, 0.5) is 0 Å². The van der Waals surface area contributed by atoms with E-state index in [9.17, 15) is 14.7 Å². The molecule has 1 heterocycles. The number of benzene rings is 3. The molecule has 3 aromatic carbocycles. The summed E-state index contributed by atoms with van der Waals surface area (Å²) in [6, 6.07) is 17.6. The lowest BCUT2D eigenvalue weighted by Crippen LogP contribution is -2.49. The summed E-state index contributed by atoms with van der Waals surface area (Å²) in [6.45, 7) is 6.47. The highest BCUT2D eigenvalue weighted by molar-refractivity contribution is 6.11. The molecule has 1 unspecified atom stereocenters. The smallest absolute Gasteiger partial charge is 0.290 e. The molecule has 1 aliphatic rings. The van der Waals surface area contributed by atoms with Gasteiger partial charge in [-0.05, 0) is 72.0 Å². The maximum Gasteiger partial charge on any atom is 0.290 e. The zero-order valence-corrected chi connectivity index (χ0v) is 23.7. The molecular formula is C32H35NO7. The summed E-state index contributed by atoms with van der Waals surface area (Å²) in [7, 11) is 4.58. The van der Waals surface area contributed by atoms with Gasteiger partial charge in [0.2, 0.25) is 0 Å². The maximum atomic E-state index is 14.7. The van der Waals surface area contributed by atoms with Crippen LogP contribution in [0.1, 0.15) is 53.7 Å². The molecule has 0 spiro atoms. The summed E-state index contributed by atoms with van der Waals surface area (Å²) in [5.74, 6) is 0.672. The number of methoxy groups -OCH3 is 3. The van der Waals surface area contributed by atoms with Gasteiger partial charge in [-0.1, -0.05) is 32.0 Å². The van der Waals surface area contributed by atoms with Crippen molar-refractivity contribution < 1.29 is 33.6 Å². The van der Waals surface area contributed by atoms with Crippen LogP contribution in [0.2, 0.25) is 0 Å². The number of nitrogens with zero attached hydrogens (tertiary/aromatic N) is 1. The van der Waals surface area contributed by atoms with Gasteiger partial charge in [0.15, 0.2) is 28.6 Å². The molecule has 1 amide bonds. The number of amides is 1. The topological polar surface area (TPSA) is 94.5 Å². The van der Waals surface area contributed by atoms with Crippen LogP contribution in [-0.4, -0.2) is 49.6 Å². The molecule has 4 rings (SSSR count). The number of hydrogen-bond donors (Lipinski definition) is 1. The van der Waals surface area contributed by atoms with Crippen molar-refractivity contribution in [1.29, 1.82) is 0 Å². The maximum absolute atomic E-state index is 14.7. The van der Waals surface area contributed by atoms with E-state index in [-0.39, 0.29) is 18.2 Å². The zero-order chi connectivity index (χ0) is 29.0. The SMILES string of the molecule is CCOc1ccc(C(=O)C2(c3ccc(OC)c(OC)c3)C=C(O)C(=O)N2Cc2cccc(OC)c2)cc1C(C)C. The van der Waals surface area contributed by atoms with Crippen molar-refractivity contribution in [3.63, 3.8) is 0 Å². The molecule has 0 aromatic heterocycles. The number of Topliss-reactive ketones (excluding diaryl/α,β-unsaturated/α-hetero) is 1. The van der Waals surface area contributed by atoms with Crippen molar-refractivity contribution in [2.75, 3.05) is 27.9 Å². The number of rotatable bonds is 11. The first-order chi connectivity index (χ1) is 19.2. The van der Waals surface area contributed by atoms with E-state index >= 15 is 0 Å². The molecule has 210 valence electrons. The van der Waals surface area contributed by atoms with E-state index in [2.05, 4.69) is 0 Å². The molecule has 0 radical (unpaired) electrons. The first kappa shape index (κ1) is 28.5. The third-order valence-corrected chi connectivity index (χ3v) is 7.07. The van der Waals surface area contributed by atoms with Crippen LogP contribution < -0.4 is 18.9 Å². The Hall–Kier alpha value is -4.46. The Labute approximate surface area is 234 Å². The fourth-order valence-electron chi connectivity index (χ4n) is 5.07. The van der Waals surface area contributed by atoms with E-state index in [0.29, 0.717) is 40.7 Å². The van der Waals surface area contributed by atoms with E-state index in [1.54, 1.807) is 55.6 Å². The summed E-state index contributed by atoms with van der Waals surface area (Å²) in [6.07, 6.45) is 1.32. The monoisotopic (exact) mass is 545 g/mol. The summed E-state index contributed by atoms with van der Waals surface area (Å²) >= 11 is 0. The van der Waals surface area contributed by atoms with E-state index < -0.39 is 17.2 Å². The Balaban J connectivity index is 1.95. The molecule has 0 saturated carbocycles. The molecule has 0 bridgehead atoms. The van der Waals surface area contributed by atoms with Gasteiger partial charge >= 0.3 is 0 Å². The van der Waals surface area contributed by atoms with Gasteiger partial charge in [0.05, 0.1) is 27.9 Å². The average molecular weight is 546 g/mol. The van der Waals surface area contributed by atoms with Crippen LogP contribution in [0.5, 0.6) is 23.0 Å². The Morgan fingerprint density at radius 1 is 0.925 bits per heavy atom. The Kier molecular flexibility index (Phi) is 8.38. The minimum atomic E-state index is -1.68. The van der Waals surface area contributed by atoms with Crippen molar-refractivity contribution >= 4 is 11.7 Å². The Morgan fingerprint density at radius 2 is 1.65 bits per heavy atom. The first-order valence-electron chi connectivity index (χ1n) is 13.1. The van der Waals surface area contributed by atoms with Crippen LogP contribution >= 0.6 is 0 Å². The van der Waals surface area contributed by atoms with E-state index in [1.807, 2.05) is 32.9 Å². The van der Waals surface area contributed by atoms with Gasteiger partial charge in [-0.25, -0.2) is 0 Å². The number of ether oxygens (including phenoxy) is 4. The fraction of sp³-hybridized carbons (Fsp3) is 0.312. The largest absolute Gasteiger partial charge is 0.503 e. The van der Waals surface area contributed by atoms with Gasteiger partial charge in [0.1, 0.15) is 11.5 Å². The molecule has 3 aromatic rings. The fourth-order valence-corrected chi connectivity index (χ4v) is 5.07. The van der Waals surface area contributed by atoms with Crippen molar-refractivity contribution in [1.82, 2.24) is 4.90 Å². The quantitative estimate of drug-likeness (QED) is 0.305. The van der Waals surface area contributed by atoms with Gasteiger partial charge in [0, 0.05) is 18.2 Å². The van der Waals surface area contributed by atoms with Crippen LogP contribution in [0.15, 0.2) is 72.5 Å². The van der Waals surface area contributed by atoms with E-state index in [0.717, 1.165) is 11.1 Å². The Bertz CT molecular complexity index is 1440. The number of aliphatic hydroxyl groups excluding tert-OH is 1. The highest BCUT2D eigenvalue weighted by atomic mass is 16.5. The summed E-state index contributed by atoms with van der Waals surface area (Å²) < 4.78 is 22.1. The Morgan fingerprint density at radius 3 is 2.30 bits per heavy atom. The minimum Gasteiger partial charge on any atom is -0.503 e. The molecule has 8 heteroatoms. The summed E-state index contributed by atoms with van der Waals surface area (Å²) in [4.78, 5) is 29.6. The highest BCUT2D eigenvalue weighted by Gasteiger charge is 2.53. The molecule has 8 nitrogen and oxygen atoms in total. The second kappa shape index (κ2) is 11.7. The molecule has 1 aliphatic heterocycles. The third kappa shape index (κ3) is 5.09. The second-order valence-electron chi connectivity index (χ2n) is 9.78. The average Bonchev–Trinajstić information content (AvgIpc) is 3.22. The van der Waals surface area contributed by atoms with Gasteiger partial charge in [-0.3, -0.25) is 9.59 Å². The van der Waals surface area contributed by atoms with Crippen LogP contribution in [-0.2, 0) is 16.9 Å². The van der Waals surface area contributed by atoms with Crippen molar-refractivity contribution in [2.24, 2.45) is 0 Å². The number of aliphatic hydroxyl groups is 1. The van der Waals surface area contributed by atoms with Crippen molar-refractivity contribution in [3.05, 3.63) is 94.8 Å². The van der Waals surface area contributed by atoms with Crippen LogP contribution in [0, 0.1) is 0 Å². The number of carbonyl (C=O) groups is 2. The normalized spacial score (nSPS) is 16.6. The van der Waals surface area contributed by atoms with Crippen molar-refractivity contribution in [2.45, 2.75) is 38.8 Å². The number of hydrogen-bond acceptors (Lipinski definition) is 7. The highest BCUT2D eigenvalue weighted by Crippen LogP contribution is 2.44. The predicted molar refractivity (Wildman–Crippen MR) is 152 cm³/mol. The van der Waals surface area contributed by atoms with Crippen molar-refractivity contribution in [3.8, 4) is 23.0 Å². The lowest BCUT2D eigenvalue weighted by Gasteiger charge is -2.37. The summed E-state index contributed by atoms with van der Waals surface area (Å²) in [5.41, 5.74) is 0.729. The van der Waals surface area contributed by atoms with Gasteiger partial charge in [0.25, 0.3) is 5.91 Å². The number of carbonyl (C=O) groups excluding carboxylic acids is 2. The third-order valence-electron chi connectivity index (χ3n) is 7.07. The molecule has 40 heavy (non-hydrogen) atoms. The van der Waals surface area contributed by atoms with Gasteiger partial charge < -0.3 is 29.0 Å². The second-order valence-corrected chi connectivity index (χ2v) is 9.78. The van der Waals surface area contributed by atoms with E-state index in [4.69, 9.17) is 18.9 Å². The van der Waals surface area contributed by atoms with Crippen LogP contribution in [0.3, 0.4) is 0 Å². The minimum absolute atomic E-state index is 0.0325. The lowest BCUT2D eigenvalue weighted by atomic mass is 9.80. The molecular weight excluding hydrogens is 510 g/mol. The summed E-state index contributed by atoms with van der Waals surface area (Å²) in [5, 5.41) is 10.8. The van der Waals surface area contributed by atoms with Gasteiger partial charge in [-0.2, -0.15) is 0 Å². The standard InChI is InChI=1S/C32H35NO7/c1-7-40-27-13-11-22(16-25(27)20(2)3)30(35)32(23-12-14-28(38-5)29(17-23)39-6)18-26(34)31(36)33(32)19-21-9-8-10-24(15-21)37-4/h8-18,20,34H,7,19H2,1-6H3. The molecule has 0 aliphatic carbocycles. The predicted octanol–water partition coefficient (Wildman–Crippen LogP) is 5.80. The zero-order valence-electron chi connectivity index (χ0n) is 23.7. The van der Waals surface area contributed by atoms with Crippen LogP contribution in [0.25, 0.3) is 0 Å². The number of ketones is 1. The molecule has 0 saturated heterocycles. The molecule has 1 N–H and O–H groups in total. The lowest BCUT2D eigenvalue weighted by molar-refractivity contribution is -0.131. The van der Waals surface area contributed by atoms with Gasteiger partial charge in [-0.15, -0.1) is 0 Å². The van der Waals surface area contributed by atoms with E-state index in [1.165, 1.54) is 25.2 Å². The first-order valence-corrected chi connectivity index (χ1v) is 13.1.